The SMILES string of the molecule is CC[C@H](CC(=O)O)NC(=O)C(NC(=O)OCC1c2ccccc2-c2ccccc21)C(C)OC. The molecule has 0 aromatic heterocycles. The van der Waals surface area contributed by atoms with Gasteiger partial charge in [-0.15, -0.1) is 0 Å². The Hall–Kier alpha value is -3.39. The highest BCUT2D eigenvalue weighted by atomic mass is 16.5. The maximum absolute atomic E-state index is 12.8. The van der Waals surface area contributed by atoms with Gasteiger partial charge >= 0.3 is 12.1 Å². The van der Waals surface area contributed by atoms with Crippen LogP contribution in [0.1, 0.15) is 43.7 Å². The highest BCUT2D eigenvalue weighted by molar-refractivity contribution is 5.87. The molecule has 0 heterocycles. The van der Waals surface area contributed by atoms with E-state index in [2.05, 4.69) is 22.8 Å². The van der Waals surface area contributed by atoms with Crippen molar-refractivity contribution in [2.75, 3.05) is 13.7 Å². The van der Waals surface area contributed by atoms with E-state index in [9.17, 15) is 14.4 Å². The minimum atomic E-state index is -1.03. The van der Waals surface area contributed by atoms with E-state index in [0.29, 0.717) is 6.42 Å². The number of hydrogen-bond acceptors (Lipinski definition) is 5. The molecule has 0 saturated carbocycles. The predicted octanol–water partition coefficient (Wildman–Crippen LogP) is 3.30. The Bertz CT molecular complexity index is 962. The smallest absolute Gasteiger partial charge is 0.407 e. The number of carbonyl (C=O) groups is 3. The largest absolute Gasteiger partial charge is 0.481 e. The van der Waals surface area contributed by atoms with E-state index in [1.165, 1.54) is 7.11 Å². The third-order valence-electron chi connectivity index (χ3n) is 6.00. The summed E-state index contributed by atoms with van der Waals surface area (Å²) in [6, 6.07) is 14.4. The predicted molar refractivity (Wildman–Crippen MR) is 123 cm³/mol. The molecular formula is C25H30N2O6. The number of methoxy groups -OCH3 is 1. The summed E-state index contributed by atoms with van der Waals surface area (Å²) in [6.45, 7) is 3.54. The molecule has 2 aromatic rings. The molecule has 0 saturated heterocycles. The van der Waals surface area contributed by atoms with Crippen molar-refractivity contribution >= 4 is 18.0 Å². The van der Waals surface area contributed by atoms with Gasteiger partial charge in [-0.2, -0.15) is 0 Å². The molecule has 8 heteroatoms. The first-order valence-corrected chi connectivity index (χ1v) is 11.0. The van der Waals surface area contributed by atoms with Crippen LogP contribution in [0.15, 0.2) is 48.5 Å². The zero-order valence-electron chi connectivity index (χ0n) is 19.0. The number of ether oxygens (including phenoxy) is 2. The van der Waals surface area contributed by atoms with Crippen molar-refractivity contribution in [3.8, 4) is 11.1 Å². The van der Waals surface area contributed by atoms with Crippen LogP contribution in [0, 0.1) is 0 Å². The summed E-state index contributed by atoms with van der Waals surface area (Å²) in [5.74, 6) is -1.63. The van der Waals surface area contributed by atoms with Crippen molar-refractivity contribution in [1.29, 1.82) is 0 Å². The van der Waals surface area contributed by atoms with Gasteiger partial charge in [0.2, 0.25) is 5.91 Å². The molecule has 0 spiro atoms. The van der Waals surface area contributed by atoms with Gasteiger partial charge in [-0.25, -0.2) is 4.79 Å². The fraction of sp³-hybridized carbons (Fsp3) is 0.400. The van der Waals surface area contributed by atoms with E-state index < -0.39 is 36.2 Å². The Morgan fingerprint density at radius 3 is 2.09 bits per heavy atom. The van der Waals surface area contributed by atoms with Gasteiger partial charge in [0, 0.05) is 19.1 Å². The van der Waals surface area contributed by atoms with E-state index in [1.807, 2.05) is 36.4 Å². The number of amides is 2. The Labute approximate surface area is 193 Å². The van der Waals surface area contributed by atoms with Crippen molar-refractivity contribution in [3.63, 3.8) is 0 Å². The van der Waals surface area contributed by atoms with Crippen LogP contribution in [0.4, 0.5) is 4.79 Å². The van der Waals surface area contributed by atoms with Crippen molar-refractivity contribution in [2.24, 2.45) is 0 Å². The van der Waals surface area contributed by atoms with Crippen LogP contribution in [0.25, 0.3) is 11.1 Å². The van der Waals surface area contributed by atoms with Gasteiger partial charge in [0.05, 0.1) is 12.5 Å². The van der Waals surface area contributed by atoms with Crippen LogP contribution in [-0.2, 0) is 19.1 Å². The topological polar surface area (TPSA) is 114 Å². The van der Waals surface area contributed by atoms with E-state index in [4.69, 9.17) is 14.6 Å². The van der Waals surface area contributed by atoms with E-state index in [-0.39, 0.29) is 18.9 Å². The fourth-order valence-electron chi connectivity index (χ4n) is 4.10. The first-order valence-electron chi connectivity index (χ1n) is 11.0. The first kappa shape index (κ1) is 24.3. The Kier molecular flexibility index (Phi) is 8.06. The van der Waals surface area contributed by atoms with E-state index in [0.717, 1.165) is 22.3 Å². The number of nitrogens with one attached hydrogen (secondary N) is 2. The van der Waals surface area contributed by atoms with Gasteiger partial charge in [-0.1, -0.05) is 55.5 Å². The maximum Gasteiger partial charge on any atom is 0.407 e. The lowest BCUT2D eigenvalue weighted by Crippen LogP contribution is -2.55. The van der Waals surface area contributed by atoms with Gasteiger partial charge in [0.15, 0.2) is 0 Å². The fourth-order valence-corrected chi connectivity index (χ4v) is 4.10. The van der Waals surface area contributed by atoms with E-state index in [1.54, 1.807) is 13.8 Å². The van der Waals surface area contributed by atoms with Crippen molar-refractivity contribution in [3.05, 3.63) is 59.7 Å². The number of fused-ring (bicyclic) bond motifs is 3. The summed E-state index contributed by atoms with van der Waals surface area (Å²) in [5, 5.41) is 14.3. The molecule has 2 amide bonds. The Morgan fingerprint density at radius 1 is 1.00 bits per heavy atom. The van der Waals surface area contributed by atoms with Gasteiger partial charge in [0.25, 0.3) is 0 Å². The van der Waals surface area contributed by atoms with Crippen LogP contribution < -0.4 is 10.6 Å². The van der Waals surface area contributed by atoms with Crippen LogP contribution >= 0.6 is 0 Å². The lowest BCUT2D eigenvalue weighted by atomic mass is 9.98. The van der Waals surface area contributed by atoms with Crippen LogP contribution in [0.3, 0.4) is 0 Å². The molecule has 1 aliphatic rings. The zero-order valence-corrected chi connectivity index (χ0v) is 19.0. The molecule has 8 nitrogen and oxygen atoms in total. The highest BCUT2D eigenvalue weighted by Crippen LogP contribution is 2.44. The second kappa shape index (κ2) is 11.0. The molecule has 3 N–H and O–H groups in total. The second-order valence-electron chi connectivity index (χ2n) is 8.10. The van der Waals surface area contributed by atoms with Crippen LogP contribution in [0.5, 0.6) is 0 Å². The maximum atomic E-state index is 12.8. The average Bonchev–Trinajstić information content (AvgIpc) is 3.13. The molecule has 2 aromatic carbocycles. The number of aliphatic carboxylic acids is 1. The molecule has 3 rings (SSSR count). The van der Waals surface area contributed by atoms with Gasteiger partial charge in [0.1, 0.15) is 12.6 Å². The Morgan fingerprint density at radius 2 is 1.58 bits per heavy atom. The molecule has 0 aliphatic heterocycles. The minimum absolute atomic E-state index is 0.102. The number of rotatable bonds is 10. The summed E-state index contributed by atoms with van der Waals surface area (Å²) in [6.07, 6.45) is -1.15. The summed E-state index contributed by atoms with van der Waals surface area (Å²) < 4.78 is 10.8. The third kappa shape index (κ3) is 5.70. The molecule has 2 unspecified atom stereocenters. The third-order valence-corrected chi connectivity index (χ3v) is 6.00. The normalized spacial score (nSPS) is 15.0. The van der Waals surface area contributed by atoms with Crippen molar-refractivity contribution in [2.45, 2.75) is 50.8 Å². The van der Waals surface area contributed by atoms with Gasteiger partial charge < -0.3 is 25.2 Å². The molecule has 0 fully saturated rings. The highest BCUT2D eigenvalue weighted by Gasteiger charge is 2.32. The zero-order chi connectivity index (χ0) is 24.0. The lowest BCUT2D eigenvalue weighted by molar-refractivity contribution is -0.138. The number of carboxylic acid groups (broad SMARTS) is 1. The molecule has 33 heavy (non-hydrogen) atoms. The number of hydrogen-bond donors (Lipinski definition) is 3. The van der Waals surface area contributed by atoms with E-state index >= 15 is 0 Å². The summed E-state index contributed by atoms with van der Waals surface area (Å²) in [5.41, 5.74) is 4.42. The molecule has 176 valence electrons. The van der Waals surface area contributed by atoms with Crippen molar-refractivity contribution in [1.82, 2.24) is 10.6 Å². The molecule has 0 radical (unpaired) electrons. The second-order valence-corrected chi connectivity index (χ2v) is 8.10. The van der Waals surface area contributed by atoms with Gasteiger partial charge in [-0.05, 0) is 35.6 Å². The summed E-state index contributed by atoms with van der Waals surface area (Å²) in [4.78, 5) is 36.4. The minimum Gasteiger partial charge on any atom is -0.481 e. The lowest BCUT2D eigenvalue weighted by Gasteiger charge is -2.25. The standard InChI is InChI=1S/C25H30N2O6/c1-4-16(13-22(28)29)26-24(30)23(15(2)32-3)27-25(31)33-14-21-19-11-7-5-9-17(19)18-10-6-8-12-20(18)21/h5-12,15-16,21,23H,4,13-14H2,1-3H3,(H,26,30)(H,27,31)(H,28,29)/t15?,16-,23?/m1/s1. The molecule has 1 aliphatic carbocycles. The quantitative estimate of drug-likeness (QED) is 0.508. The molecule has 0 bridgehead atoms. The van der Waals surface area contributed by atoms with Crippen molar-refractivity contribution < 1.29 is 29.0 Å². The average molecular weight is 455 g/mol. The monoisotopic (exact) mass is 454 g/mol. The number of carboxylic acids is 1. The first-order chi connectivity index (χ1) is 15.8. The molecule has 3 atom stereocenters. The number of carbonyl (C=O) groups excluding carboxylic acids is 2. The van der Waals surface area contributed by atoms with Gasteiger partial charge in [-0.3, -0.25) is 9.59 Å². The number of alkyl carbamates (subject to hydrolysis) is 1. The summed E-state index contributed by atoms with van der Waals surface area (Å²) in [7, 11) is 1.43. The van der Waals surface area contributed by atoms with Crippen LogP contribution in [-0.4, -0.2) is 55.0 Å². The van der Waals surface area contributed by atoms with Crippen LogP contribution in [0.2, 0.25) is 0 Å². The summed E-state index contributed by atoms with van der Waals surface area (Å²) >= 11 is 0. The number of benzene rings is 2. The molecular weight excluding hydrogens is 424 g/mol. The Balaban J connectivity index is 1.66.